The SMILES string of the molecule is Cc1cc([N+](=O)[O-])ccc1-n1nnnc1C(C(C)C)N1CCOCC1. The van der Waals surface area contributed by atoms with Gasteiger partial charge < -0.3 is 4.74 Å². The molecule has 1 atom stereocenters. The van der Waals surface area contributed by atoms with Gasteiger partial charge in [0.15, 0.2) is 5.82 Å². The van der Waals surface area contributed by atoms with Crippen molar-refractivity contribution in [3.05, 3.63) is 39.7 Å². The molecule has 0 spiro atoms. The minimum atomic E-state index is -0.401. The standard InChI is InChI=1S/C16H22N6O3/c1-11(2)15(20-6-8-25-9-7-20)16-17-18-19-21(16)14-5-4-13(22(23)24)10-12(14)3/h4-5,10-11,15H,6-9H2,1-3H3. The van der Waals surface area contributed by atoms with Crippen LogP contribution in [-0.4, -0.2) is 56.3 Å². The summed E-state index contributed by atoms with van der Waals surface area (Å²) in [6.07, 6.45) is 0. The summed E-state index contributed by atoms with van der Waals surface area (Å²) in [5, 5.41) is 23.2. The first-order chi connectivity index (χ1) is 12.0. The molecule has 0 radical (unpaired) electrons. The second kappa shape index (κ2) is 7.24. The Balaban J connectivity index is 2.00. The molecule has 0 amide bonds. The Morgan fingerprint density at radius 1 is 1.28 bits per heavy atom. The van der Waals surface area contributed by atoms with Crippen LogP contribution in [0.1, 0.15) is 31.3 Å². The quantitative estimate of drug-likeness (QED) is 0.602. The van der Waals surface area contributed by atoms with Gasteiger partial charge in [0.1, 0.15) is 0 Å². The monoisotopic (exact) mass is 346 g/mol. The van der Waals surface area contributed by atoms with Gasteiger partial charge in [0, 0.05) is 25.2 Å². The Bertz CT molecular complexity index is 754. The van der Waals surface area contributed by atoms with Gasteiger partial charge in [-0.3, -0.25) is 15.0 Å². The van der Waals surface area contributed by atoms with E-state index in [1.807, 2.05) is 6.92 Å². The Hall–Kier alpha value is -2.39. The van der Waals surface area contributed by atoms with Crippen molar-refractivity contribution >= 4 is 5.69 Å². The molecule has 1 saturated heterocycles. The van der Waals surface area contributed by atoms with E-state index in [0.29, 0.717) is 19.1 Å². The van der Waals surface area contributed by atoms with Crippen molar-refractivity contribution < 1.29 is 9.66 Å². The summed E-state index contributed by atoms with van der Waals surface area (Å²) in [5.74, 6) is 1.05. The Morgan fingerprint density at radius 2 is 2.00 bits per heavy atom. The average molecular weight is 346 g/mol. The Kier molecular flexibility index (Phi) is 5.05. The lowest BCUT2D eigenvalue weighted by atomic mass is 10.0. The molecular formula is C16H22N6O3. The van der Waals surface area contributed by atoms with Crippen molar-refractivity contribution in [1.29, 1.82) is 0 Å². The zero-order valence-electron chi connectivity index (χ0n) is 14.6. The van der Waals surface area contributed by atoms with Crippen LogP contribution in [0, 0.1) is 23.0 Å². The van der Waals surface area contributed by atoms with Crippen LogP contribution in [0.25, 0.3) is 5.69 Å². The molecule has 1 aliphatic rings. The molecule has 1 unspecified atom stereocenters. The van der Waals surface area contributed by atoms with E-state index in [4.69, 9.17) is 4.74 Å². The molecule has 0 N–H and O–H groups in total. The number of nitrogens with zero attached hydrogens (tertiary/aromatic N) is 6. The van der Waals surface area contributed by atoms with E-state index < -0.39 is 4.92 Å². The van der Waals surface area contributed by atoms with E-state index in [2.05, 4.69) is 34.3 Å². The predicted octanol–water partition coefficient (Wildman–Crippen LogP) is 1.91. The van der Waals surface area contributed by atoms with Crippen molar-refractivity contribution in [2.24, 2.45) is 5.92 Å². The molecule has 9 heteroatoms. The number of benzene rings is 1. The largest absolute Gasteiger partial charge is 0.379 e. The van der Waals surface area contributed by atoms with E-state index in [1.165, 1.54) is 6.07 Å². The van der Waals surface area contributed by atoms with Gasteiger partial charge >= 0.3 is 0 Å². The fraction of sp³-hybridized carbons (Fsp3) is 0.562. The van der Waals surface area contributed by atoms with Gasteiger partial charge in [0.05, 0.1) is 29.9 Å². The summed E-state index contributed by atoms with van der Waals surface area (Å²) in [6, 6.07) is 4.77. The Morgan fingerprint density at radius 3 is 2.60 bits per heavy atom. The molecule has 2 heterocycles. The van der Waals surface area contributed by atoms with Gasteiger partial charge in [0.25, 0.3) is 5.69 Å². The van der Waals surface area contributed by atoms with Crippen LogP contribution >= 0.6 is 0 Å². The lowest BCUT2D eigenvalue weighted by Gasteiger charge is -2.35. The number of aromatic nitrogens is 4. The van der Waals surface area contributed by atoms with E-state index in [-0.39, 0.29) is 11.7 Å². The summed E-state index contributed by atoms with van der Waals surface area (Å²) >= 11 is 0. The van der Waals surface area contributed by atoms with Crippen molar-refractivity contribution in [3.8, 4) is 5.69 Å². The molecular weight excluding hydrogens is 324 g/mol. The van der Waals surface area contributed by atoms with E-state index >= 15 is 0 Å². The highest BCUT2D eigenvalue weighted by atomic mass is 16.6. The average Bonchev–Trinajstić information content (AvgIpc) is 3.04. The van der Waals surface area contributed by atoms with Crippen molar-refractivity contribution in [3.63, 3.8) is 0 Å². The first-order valence-corrected chi connectivity index (χ1v) is 8.34. The zero-order chi connectivity index (χ0) is 18.0. The van der Waals surface area contributed by atoms with Crippen LogP contribution < -0.4 is 0 Å². The molecule has 3 rings (SSSR count). The number of hydrogen-bond acceptors (Lipinski definition) is 7. The Labute approximate surface area is 145 Å². The molecule has 0 bridgehead atoms. The van der Waals surface area contributed by atoms with Gasteiger partial charge in [-0.2, -0.15) is 4.68 Å². The fourth-order valence-corrected chi connectivity index (χ4v) is 3.28. The number of ether oxygens (including phenoxy) is 1. The number of aryl methyl sites for hydroxylation is 1. The normalized spacial score (nSPS) is 17.0. The summed E-state index contributed by atoms with van der Waals surface area (Å²) in [7, 11) is 0. The van der Waals surface area contributed by atoms with Gasteiger partial charge in [0.2, 0.25) is 0 Å². The van der Waals surface area contributed by atoms with E-state index in [9.17, 15) is 10.1 Å². The predicted molar refractivity (Wildman–Crippen MR) is 90.5 cm³/mol. The smallest absolute Gasteiger partial charge is 0.269 e. The van der Waals surface area contributed by atoms with Crippen LogP contribution in [0.15, 0.2) is 18.2 Å². The van der Waals surface area contributed by atoms with Crippen molar-refractivity contribution in [1.82, 2.24) is 25.1 Å². The maximum absolute atomic E-state index is 11.0. The van der Waals surface area contributed by atoms with Gasteiger partial charge in [-0.25, -0.2) is 0 Å². The van der Waals surface area contributed by atoms with Crippen LogP contribution in [0.2, 0.25) is 0 Å². The van der Waals surface area contributed by atoms with Crippen LogP contribution in [0.5, 0.6) is 0 Å². The highest BCUT2D eigenvalue weighted by molar-refractivity contribution is 5.47. The molecule has 1 aromatic heterocycles. The zero-order valence-corrected chi connectivity index (χ0v) is 14.6. The number of rotatable bonds is 5. The summed E-state index contributed by atoms with van der Waals surface area (Å²) in [4.78, 5) is 12.9. The number of nitro benzene ring substituents is 1. The lowest BCUT2D eigenvalue weighted by Crippen LogP contribution is -2.42. The molecule has 0 saturated carbocycles. The maximum Gasteiger partial charge on any atom is 0.269 e. The van der Waals surface area contributed by atoms with E-state index in [1.54, 1.807) is 16.8 Å². The number of non-ortho nitro benzene ring substituents is 1. The first kappa shape index (κ1) is 17.4. The summed E-state index contributed by atoms with van der Waals surface area (Å²) in [5.41, 5.74) is 1.57. The second-order valence-electron chi connectivity index (χ2n) is 6.51. The third kappa shape index (κ3) is 3.52. The highest BCUT2D eigenvalue weighted by Crippen LogP contribution is 2.30. The summed E-state index contributed by atoms with van der Waals surface area (Å²) in [6.45, 7) is 9.16. The number of hydrogen-bond donors (Lipinski definition) is 0. The molecule has 1 fully saturated rings. The van der Waals surface area contributed by atoms with Crippen molar-refractivity contribution in [2.75, 3.05) is 26.3 Å². The molecule has 1 aromatic carbocycles. The van der Waals surface area contributed by atoms with Crippen LogP contribution in [0.3, 0.4) is 0 Å². The molecule has 0 aliphatic carbocycles. The molecule has 134 valence electrons. The minimum Gasteiger partial charge on any atom is -0.379 e. The third-order valence-electron chi connectivity index (χ3n) is 4.45. The number of morpholine rings is 1. The topological polar surface area (TPSA) is 99.2 Å². The fourth-order valence-electron chi connectivity index (χ4n) is 3.28. The van der Waals surface area contributed by atoms with Gasteiger partial charge in [-0.05, 0) is 34.9 Å². The molecule has 1 aliphatic heterocycles. The number of tetrazole rings is 1. The molecule has 25 heavy (non-hydrogen) atoms. The second-order valence-corrected chi connectivity index (χ2v) is 6.51. The third-order valence-corrected chi connectivity index (χ3v) is 4.45. The van der Waals surface area contributed by atoms with Gasteiger partial charge in [-0.1, -0.05) is 13.8 Å². The molecule has 9 nitrogen and oxygen atoms in total. The van der Waals surface area contributed by atoms with Crippen molar-refractivity contribution in [2.45, 2.75) is 26.8 Å². The molecule has 2 aromatic rings. The highest BCUT2D eigenvalue weighted by Gasteiger charge is 2.31. The van der Waals surface area contributed by atoms with Crippen LogP contribution in [-0.2, 0) is 4.74 Å². The first-order valence-electron chi connectivity index (χ1n) is 8.34. The number of nitro groups is 1. The minimum absolute atomic E-state index is 0.0495. The lowest BCUT2D eigenvalue weighted by molar-refractivity contribution is -0.384. The maximum atomic E-state index is 11.0. The van der Waals surface area contributed by atoms with Gasteiger partial charge in [-0.15, -0.1) is 5.10 Å². The summed E-state index contributed by atoms with van der Waals surface area (Å²) < 4.78 is 7.15. The van der Waals surface area contributed by atoms with Crippen LogP contribution in [0.4, 0.5) is 5.69 Å². The van der Waals surface area contributed by atoms with E-state index in [0.717, 1.165) is 30.2 Å².